The lowest BCUT2D eigenvalue weighted by Crippen LogP contribution is -2.35. The van der Waals surface area contributed by atoms with E-state index in [1.54, 1.807) is 30.3 Å². The van der Waals surface area contributed by atoms with E-state index in [4.69, 9.17) is 5.11 Å². The van der Waals surface area contributed by atoms with Gasteiger partial charge in [-0.1, -0.05) is 18.2 Å². The average molecular weight is 447 g/mol. The number of carbonyl (C=O) groups is 3. The van der Waals surface area contributed by atoms with E-state index in [1.165, 1.54) is 6.07 Å². The molecule has 0 unspecified atom stereocenters. The topological polar surface area (TPSA) is 126 Å². The number of carboxylic acids is 1. The van der Waals surface area contributed by atoms with Gasteiger partial charge >= 0.3 is 12.1 Å². The number of benzene rings is 1. The minimum absolute atomic E-state index is 0.0839. The molecule has 2 heterocycles. The van der Waals surface area contributed by atoms with Gasteiger partial charge in [-0.15, -0.1) is 0 Å². The number of carbonyl (C=O) groups excluding carboxylic acids is 2. The molecule has 0 aliphatic heterocycles. The number of aromatic nitrogens is 3. The number of hydrogen-bond donors (Lipinski definition) is 3. The van der Waals surface area contributed by atoms with Crippen LogP contribution in [0.2, 0.25) is 0 Å². The number of para-hydroxylation sites is 1. The molecule has 32 heavy (non-hydrogen) atoms. The van der Waals surface area contributed by atoms with Gasteiger partial charge in [0.15, 0.2) is 5.69 Å². The third kappa shape index (κ3) is 5.28. The monoisotopic (exact) mass is 447 g/mol. The molecule has 0 bridgehead atoms. The van der Waals surface area contributed by atoms with Crippen LogP contribution in [0.3, 0.4) is 0 Å². The SMILES string of the molecule is O=C(NCCNC(=O)c1cn(-c2ccccc2)nc1C(F)(F)F)c1ccc(C(=O)O)nc1. The molecule has 2 aromatic heterocycles. The standard InChI is InChI=1S/C20H16F3N5O4/c21-20(22,23)16-14(11-28(27-16)13-4-2-1-3-5-13)18(30)25-9-8-24-17(29)12-6-7-15(19(31)32)26-10-12/h1-7,10-11H,8-9H2,(H,24,29)(H,25,30)(H,31,32). The van der Waals surface area contributed by atoms with Crippen LogP contribution in [0.25, 0.3) is 5.69 Å². The Labute approximate surface area is 178 Å². The van der Waals surface area contributed by atoms with Crippen LogP contribution in [0.4, 0.5) is 13.2 Å². The maximum atomic E-state index is 13.3. The molecule has 0 atom stereocenters. The van der Waals surface area contributed by atoms with Gasteiger partial charge in [0, 0.05) is 25.5 Å². The predicted octanol–water partition coefficient (Wildman–Crippen LogP) is 2.14. The van der Waals surface area contributed by atoms with Crippen LogP contribution in [0.15, 0.2) is 54.9 Å². The molecular formula is C20H16F3N5O4. The van der Waals surface area contributed by atoms with E-state index in [2.05, 4.69) is 20.7 Å². The number of nitrogens with one attached hydrogen (secondary N) is 2. The zero-order valence-corrected chi connectivity index (χ0v) is 16.3. The van der Waals surface area contributed by atoms with Crippen molar-refractivity contribution in [3.05, 3.63) is 77.4 Å². The van der Waals surface area contributed by atoms with E-state index in [0.717, 1.165) is 23.1 Å². The lowest BCUT2D eigenvalue weighted by atomic mass is 10.2. The fourth-order valence-electron chi connectivity index (χ4n) is 2.67. The zero-order valence-electron chi connectivity index (χ0n) is 16.3. The number of pyridine rings is 1. The third-order valence-corrected chi connectivity index (χ3v) is 4.19. The lowest BCUT2D eigenvalue weighted by Gasteiger charge is -2.08. The quantitative estimate of drug-likeness (QED) is 0.477. The second-order valence-electron chi connectivity index (χ2n) is 6.42. The highest BCUT2D eigenvalue weighted by Crippen LogP contribution is 2.31. The van der Waals surface area contributed by atoms with Gasteiger partial charge in [0.2, 0.25) is 0 Å². The van der Waals surface area contributed by atoms with E-state index in [9.17, 15) is 27.6 Å². The first-order chi connectivity index (χ1) is 15.2. The molecule has 1 aromatic carbocycles. The Balaban J connectivity index is 1.61. The molecule has 3 rings (SSSR count). The van der Waals surface area contributed by atoms with Crippen molar-refractivity contribution in [1.29, 1.82) is 0 Å². The van der Waals surface area contributed by atoms with Gasteiger partial charge in [-0.3, -0.25) is 9.59 Å². The van der Waals surface area contributed by atoms with E-state index >= 15 is 0 Å². The smallest absolute Gasteiger partial charge is 0.435 e. The summed E-state index contributed by atoms with van der Waals surface area (Å²) in [4.78, 5) is 38.7. The summed E-state index contributed by atoms with van der Waals surface area (Å²) in [5.74, 6) is -2.83. The van der Waals surface area contributed by atoms with Crippen LogP contribution in [-0.2, 0) is 6.18 Å². The van der Waals surface area contributed by atoms with E-state index < -0.39 is 35.2 Å². The Morgan fingerprint density at radius 2 is 1.62 bits per heavy atom. The summed E-state index contributed by atoms with van der Waals surface area (Å²) in [7, 11) is 0. The fourth-order valence-corrected chi connectivity index (χ4v) is 2.67. The second-order valence-corrected chi connectivity index (χ2v) is 6.42. The maximum Gasteiger partial charge on any atom is 0.435 e. The molecule has 166 valence electrons. The molecule has 3 aromatic rings. The van der Waals surface area contributed by atoms with Crippen LogP contribution >= 0.6 is 0 Å². The predicted molar refractivity (Wildman–Crippen MR) is 104 cm³/mol. The lowest BCUT2D eigenvalue weighted by molar-refractivity contribution is -0.141. The Kier molecular flexibility index (Phi) is 6.52. The first-order valence-electron chi connectivity index (χ1n) is 9.15. The number of hydrogen-bond acceptors (Lipinski definition) is 5. The molecule has 0 fully saturated rings. The molecule has 3 N–H and O–H groups in total. The van der Waals surface area contributed by atoms with Crippen molar-refractivity contribution in [1.82, 2.24) is 25.4 Å². The summed E-state index contributed by atoms with van der Waals surface area (Å²) in [5.41, 5.74) is -1.77. The molecule has 12 heteroatoms. The number of rotatable bonds is 7. The van der Waals surface area contributed by atoms with Crippen LogP contribution in [-0.4, -0.2) is 50.7 Å². The van der Waals surface area contributed by atoms with Gasteiger partial charge in [0.1, 0.15) is 5.69 Å². The first-order valence-corrected chi connectivity index (χ1v) is 9.15. The molecular weight excluding hydrogens is 431 g/mol. The summed E-state index contributed by atoms with van der Waals surface area (Å²) in [5, 5.41) is 17.0. The summed E-state index contributed by atoms with van der Waals surface area (Å²) in [6, 6.07) is 10.4. The van der Waals surface area contributed by atoms with E-state index in [-0.39, 0.29) is 24.3 Å². The normalized spacial score (nSPS) is 11.1. The van der Waals surface area contributed by atoms with Crippen molar-refractivity contribution in [2.24, 2.45) is 0 Å². The Morgan fingerprint density at radius 3 is 2.19 bits per heavy atom. The van der Waals surface area contributed by atoms with Gasteiger partial charge in [-0.2, -0.15) is 18.3 Å². The molecule has 2 amide bonds. The highest BCUT2D eigenvalue weighted by molar-refractivity contribution is 5.96. The van der Waals surface area contributed by atoms with E-state index in [1.807, 2.05) is 0 Å². The number of aromatic carboxylic acids is 1. The van der Waals surface area contributed by atoms with Crippen LogP contribution in [0.1, 0.15) is 36.9 Å². The summed E-state index contributed by atoms with van der Waals surface area (Å²) >= 11 is 0. The molecule has 0 saturated carbocycles. The summed E-state index contributed by atoms with van der Waals surface area (Å²) in [6.07, 6.45) is -2.78. The van der Waals surface area contributed by atoms with Gasteiger partial charge in [0.25, 0.3) is 11.8 Å². The zero-order chi connectivity index (χ0) is 23.3. The molecule has 0 spiro atoms. The minimum Gasteiger partial charge on any atom is -0.477 e. The third-order valence-electron chi connectivity index (χ3n) is 4.19. The van der Waals surface area contributed by atoms with Crippen molar-refractivity contribution in [3.63, 3.8) is 0 Å². The van der Waals surface area contributed by atoms with Gasteiger partial charge < -0.3 is 15.7 Å². The minimum atomic E-state index is -4.84. The van der Waals surface area contributed by atoms with Crippen LogP contribution in [0, 0.1) is 0 Å². The summed E-state index contributed by atoms with van der Waals surface area (Å²) < 4.78 is 41.0. The van der Waals surface area contributed by atoms with Crippen molar-refractivity contribution in [3.8, 4) is 5.69 Å². The Hall–Kier alpha value is -4.22. The molecule has 9 nitrogen and oxygen atoms in total. The van der Waals surface area contributed by atoms with Gasteiger partial charge in [-0.05, 0) is 24.3 Å². The number of halogens is 3. The van der Waals surface area contributed by atoms with Crippen molar-refractivity contribution in [2.75, 3.05) is 13.1 Å². The van der Waals surface area contributed by atoms with Crippen molar-refractivity contribution >= 4 is 17.8 Å². The largest absolute Gasteiger partial charge is 0.477 e. The van der Waals surface area contributed by atoms with Crippen molar-refractivity contribution in [2.45, 2.75) is 6.18 Å². The average Bonchev–Trinajstić information content (AvgIpc) is 3.23. The van der Waals surface area contributed by atoms with Crippen LogP contribution in [0.5, 0.6) is 0 Å². The highest BCUT2D eigenvalue weighted by Gasteiger charge is 2.39. The summed E-state index contributed by atoms with van der Waals surface area (Å²) in [6.45, 7) is -0.238. The van der Waals surface area contributed by atoms with Crippen molar-refractivity contribution < 1.29 is 32.7 Å². The van der Waals surface area contributed by atoms with Gasteiger partial charge in [0.05, 0.1) is 16.8 Å². The molecule has 0 aliphatic carbocycles. The second kappa shape index (κ2) is 9.29. The van der Waals surface area contributed by atoms with Gasteiger partial charge in [-0.25, -0.2) is 14.5 Å². The van der Waals surface area contributed by atoms with E-state index in [0.29, 0.717) is 5.69 Å². The Morgan fingerprint density at radius 1 is 0.969 bits per heavy atom. The number of amides is 2. The fraction of sp³-hybridized carbons (Fsp3) is 0.150. The number of nitrogens with zero attached hydrogens (tertiary/aromatic N) is 3. The maximum absolute atomic E-state index is 13.3. The molecule has 0 aliphatic rings. The molecule has 0 saturated heterocycles. The number of carboxylic acid groups (broad SMARTS) is 1. The highest BCUT2D eigenvalue weighted by atomic mass is 19.4. The number of alkyl halides is 3. The Bertz CT molecular complexity index is 1130. The van der Waals surface area contributed by atoms with Crippen LogP contribution < -0.4 is 10.6 Å². The molecule has 0 radical (unpaired) electrons. The first kappa shape index (κ1) is 22.5.